The van der Waals surface area contributed by atoms with Crippen molar-refractivity contribution < 1.29 is 14.3 Å². The Hall–Kier alpha value is -1.35. The summed E-state index contributed by atoms with van der Waals surface area (Å²) < 4.78 is 10.4. The fraction of sp³-hybridized carbons (Fsp3) is 0.533. The van der Waals surface area contributed by atoms with Gasteiger partial charge in [-0.05, 0) is 30.4 Å². The quantitative estimate of drug-likeness (QED) is 0.771. The zero-order valence-electron chi connectivity index (χ0n) is 11.1. The third-order valence-electron chi connectivity index (χ3n) is 3.84. The lowest BCUT2D eigenvalue weighted by atomic mass is 9.74. The van der Waals surface area contributed by atoms with Crippen LogP contribution in [0.4, 0.5) is 0 Å². The highest BCUT2D eigenvalue weighted by Gasteiger charge is 2.42. The lowest BCUT2D eigenvalue weighted by Gasteiger charge is -2.34. The van der Waals surface area contributed by atoms with Crippen molar-refractivity contribution in [3.05, 3.63) is 35.4 Å². The Labute approximate surface area is 108 Å². The number of hydrogen-bond acceptors (Lipinski definition) is 3. The van der Waals surface area contributed by atoms with Crippen LogP contribution in [0.5, 0.6) is 0 Å². The maximum atomic E-state index is 12.2. The molecule has 1 heterocycles. The second-order valence-corrected chi connectivity index (χ2v) is 4.74. The summed E-state index contributed by atoms with van der Waals surface area (Å²) in [5, 5.41) is 0. The highest BCUT2D eigenvalue weighted by molar-refractivity contribution is 5.83. The van der Waals surface area contributed by atoms with E-state index in [9.17, 15) is 4.79 Å². The first kappa shape index (κ1) is 13.1. The number of rotatable bonds is 3. The zero-order chi connectivity index (χ0) is 13.0. The van der Waals surface area contributed by atoms with E-state index in [2.05, 4.69) is 31.2 Å². The molecule has 0 aromatic heterocycles. The molecule has 1 aliphatic rings. The highest BCUT2D eigenvalue weighted by atomic mass is 16.5. The molecular formula is C15H20O3. The summed E-state index contributed by atoms with van der Waals surface area (Å²) in [6.07, 6.45) is 2.41. The molecule has 1 aliphatic heterocycles. The molecule has 18 heavy (non-hydrogen) atoms. The minimum atomic E-state index is -0.515. The molecule has 1 saturated heterocycles. The summed E-state index contributed by atoms with van der Waals surface area (Å²) in [6.45, 7) is 3.36. The first-order valence-corrected chi connectivity index (χ1v) is 6.48. The average molecular weight is 248 g/mol. The summed E-state index contributed by atoms with van der Waals surface area (Å²) in [7, 11) is 1.46. The molecule has 0 atom stereocenters. The molecular weight excluding hydrogens is 228 g/mol. The number of carbonyl (C=O) groups excluding carboxylic acids is 1. The molecule has 98 valence electrons. The third kappa shape index (κ3) is 2.27. The maximum Gasteiger partial charge on any atom is 0.316 e. The Bertz CT molecular complexity index is 402. The van der Waals surface area contributed by atoms with Gasteiger partial charge in [-0.2, -0.15) is 0 Å². The summed E-state index contributed by atoms with van der Waals surface area (Å²) in [6, 6.07) is 8.30. The van der Waals surface area contributed by atoms with Crippen molar-refractivity contribution in [3.8, 4) is 0 Å². The molecule has 0 bridgehead atoms. The van der Waals surface area contributed by atoms with Crippen LogP contribution in [0.25, 0.3) is 0 Å². The second kappa shape index (κ2) is 5.53. The predicted molar refractivity (Wildman–Crippen MR) is 69.6 cm³/mol. The van der Waals surface area contributed by atoms with E-state index in [1.165, 1.54) is 12.7 Å². The van der Waals surface area contributed by atoms with E-state index in [1.807, 2.05) is 0 Å². The average Bonchev–Trinajstić information content (AvgIpc) is 2.47. The molecule has 0 radical (unpaired) electrons. The van der Waals surface area contributed by atoms with E-state index in [0.29, 0.717) is 26.1 Å². The Morgan fingerprint density at radius 2 is 1.89 bits per heavy atom. The van der Waals surface area contributed by atoms with Crippen molar-refractivity contribution in [1.82, 2.24) is 0 Å². The van der Waals surface area contributed by atoms with Crippen molar-refractivity contribution in [3.63, 3.8) is 0 Å². The van der Waals surface area contributed by atoms with E-state index in [4.69, 9.17) is 9.47 Å². The van der Waals surface area contributed by atoms with Gasteiger partial charge in [0.2, 0.25) is 0 Å². The number of ether oxygens (including phenoxy) is 2. The largest absolute Gasteiger partial charge is 0.468 e. The molecule has 3 heteroatoms. The molecule has 0 aliphatic carbocycles. The van der Waals surface area contributed by atoms with Gasteiger partial charge in [0.1, 0.15) is 0 Å². The van der Waals surface area contributed by atoms with Crippen molar-refractivity contribution in [2.45, 2.75) is 31.6 Å². The number of methoxy groups -OCH3 is 1. The summed E-state index contributed by atoms with van der Waals surface area (Å²) in [5.41, 5.74) is 1.82. The lowest BCUT2D eigenvalue weighted by molar-refractivity contribution is -0.151. The van der Waals surface area contributed by atoms with Gasteiger partial charge >= 0.3 is 5.97 Å². The first-order chi connectivity index (χ1) is 8.73. The van der Waals surface area contributed by atoms with Crippen molar-refractivity contribution in [2.75, 3.05) is 20.3 Å². The van der Waals surface area contributed by atoms with Crippen LogP contribution in [-0.4, -0.2) is 26.3 Å². The van der Waals surface area contributed by atoms with E-state index >= 15 is 0 Å². The maximum absolute atomic E-state index is 12.2. The standard InChI is InChI=1S/C15H20O3/c1-3-12-4-6-13(7-5-12)15(14(16)17-2)8-10-18-11-9-15/h4-7H,3,8-11H2,1-2H3. The third-order valence-corrected chi connectivity index (χ3v) is 3.84. The highest BCUT2D eigenvalue weighted by Crippen LogP contribution is 2.36. The number of hydrogen-bond donors (Lipinski definition) is 0. The van der Waals surface area contributed by atoms with Crippen LogP contribution in [0.2, 0.25) is 0 Å². The summed E-state index contributed by atoms with van der Waals surface area (Å²) >= 11 is 0. The smallest absolute Gasteiger partial charge is 0.316 e. The topological polar surface area (TPSA) is 35.5 Å². The van der Waals surface area contributed by atoms with Crippen molar-refractivity contribution in [1.29, 1.82) is 0 Å². The Balaban J connectivity index is 2.35. The number of benzene rings is 1. The van der Waals surface area contributed by atoms with Crippen LogP contribution in [-0.2, 0) is 26.1 Å². The Morgan fingerprint density at radius 1 is 1.28 bits per heavy atom. The van der Waals surface area contributed by atoms with Gasteiger partial charge in [-0.25, -0.2) is 0 Å². The molecule has 0 N–H and O–H groups in total. The van der Waals surface area contributed by atoms with Gasteiger partial charge in [0.15, 0.2) is 0 Å². The normalized spacial score (nSPS) is 18.3. The van der Waals surface area contributed by atoms with Crippen LogP contribution < -0.4 is 0 Å². The minimum Gasteiger partial charge on any atom is -0.468 e. The molecule has 1 aromatic carbocycles. The van der Waals surface area contributed by atoms with Gasteiger partial charge in [0.05, 0.1) is 12.5 Å². The SMILES string of the molecule is CCc1ccc(C2(C(=O)OC)CCOCC2)cc1. The minimum absolute atomic E-state index is 0.143. The van der Waals surface area contributed by atoms with Gasteiger partial charge in [-0.1, -0.05) is 31.2 Å². The van der Waals surface area contributed by atoms with E-state index in [-0.39, 0.29) is 5.97 Å². The molecule has 1 aromatic rings. The molecule has 3 nitrogen and oxygen atoms in total. The van der Waals surface area contributed by atoms with Gasteiger partial charge in [0.25, 0.3) is 0 Å². The molecule has 0 unspecified atom stereocenters. The molecule has 0 saturated carbocycles. The van der Waals surface area contributed by atoms with E-state index in [0.717, 1.165) is 12.0 Å². The fourth-order valence-corrected chi connectivity index (χ4v) is 2.59. The van der Waals surface area contributed by atoms with Crippen LogP contribution >= 0.6 is 0 Å². The van der Waals surface area contributed by atoms with Crippen LogP contribution in [0, 0.1) is 0 Å². The fourth-order valence-electron chi connectivity index (χ4n) is 2.59. The number of esters is 1. The van der Waals surface area contributed by atoms with E-state index < -0.39 is 5.41 Å². The first-order valence-electron chi connectivity index (χ1n) is 6.48. The van der Waals surface area contributed by atoms with Crippen LogP contribution in [0.15, 0.2) is 24.3 Å². The molecule has 1 fully saturated rings. The van der Waals surface area contributed by atoms with Gasteiger partial charge in [-0.15, -0.1) is 0 Å². The molecule has 0 spiro atoms. The number of carbonyl (C=O) groups is 1. The van der Waals surface area contributed by atoms with Gasteiger partial charge in [-0.3, -0.25) is 4.79 Å². The van der Waals surface area contributed by atoms with Gasteiger partial charge < -0.3 is 9.47 Å². The van der Waals surface area contributed by atoms with E-state index in [1.54, 1.807) is 0 Å². The number of aryl methyl sites for hydroxylation is 1. The van der Waals surface area contributed by atoms with Gasteiger partial charge in [0, 0.05) is 13.2 Å². The Kier molecular flexibility index (Phi) is 4.02. The summed E-state index contributed by atoms with van der Waals surface area (Å²) in [5.74, 6) is -0.143. The second-order valence-electron chi connectivity index (χ2n) is 4.74. The monoisotopic (exact) mass is 248 g/mol. The molecule has 2 rings (SSSR count). The lowest BCUT2D eigenvalue weighted by Crippen LogP contribution is -2.42. The predicted octanol–water partition coefficient (Wildman–Crippen LogP) is 2.47. The molecule has 0 amide bonds. The van der Waals surface area contributed by atoms with Crippen molar-refractivity contribution in [2.24, 2.45) is 0 Å². The zero-order valence-corrected chi connectivity index (χ0v) is 11.1. The van der Waals surface area contributed by atoms with Crippen molar-refractivity contribution >= 4 is 5.97 Å². The van der Waals surface area contributed by atoms with Crippen LogP contribution in [0.1, 0.15) is 30.9 Å². The Morgan fingerprint density at radius 3 is 2.39 bits per heavy atom. The van der Waals surface area contributed by atoms with Crippen LogP contribution in [0.3, 0.4) is 0 Å². The summed E-state index contributed by atoms with van der Waals surface area (Å²) in [4.78, 5) is 12.2.